The third-order valence-corrected chi connectivity index (χ3v) is 10.6. The number of carbonyl (C=O) groups excluding carboxylic acids is 1. The lowest BCUT2D eigenvalue weighted by Gasteiger charge is -2.29. The number of phosphoric acid groups is 1. The van der Waals surface area contributed by atoms with Gasteiger partial charge in [-0.05, 0) is 70.6 Å². The quantitative estimate of drug-likeness (QED) is 0.0276. The molecule has 8 nitrogen and oxygen atoms in total. The van der Waals surface area contributed by atoms with Gasteiger partial charge in [-0.15, -0.1) is 0 Å². The van der Waals surface area contributed by atoms with Crippen LogP contribution in [0.15, 0.2) is 72.9 Å². The summed E-state index contributed by atoms with van der Waals surface area (Å²) in [4.78, 5) is 25.3. The summed E-state index contributed by atoms with van der Waals surface area (Å²) < 4.78 is 23.2. The van der Waals surface area contributed by atoms with E-state index in [-0.39, 0.29) is 18.9 Å². The van der Waals surface area contributed by atoms with Gasteiger partial charge in [-0.2, -0.15) is 0 Å². The second-order valence-corrected chi connectivity index (χ2v) is 17.8. The fraction of sp³-hybridized carbons (Fsp3) is 0.729. The SMILES string of the molecule is CC/C=C\C/C=C\C/C=C\C/C=C\CCCCC(=O)NC(COP(=O)([O-])OCC[N+](C)(C)C)C(O)/C=C/CC/C=C/CCCCCCCCCCCCCCCC. The van der Waals surface area contributed by atoms with Crippen molar-refractivity contribution in [3.8, 4) is 0 Å². The van der Waals surface area contributed by atoms with E-state index in [2.05, 4.69) is 79.9 Å². The van der Waals surface area contributed by atoms with Crippen molar-refractivity contribution in [2.24, 2.45) is 0 Å². The van der Waals surface area contributed by atoms with Crippen molar-refractivity contribution in [3.05, 3.63) is 72.9 Å². The van der Waals surface area contributed by atoms with Crippen LogP contribution in [0.5, 0.6) is 0 Å². The van der Waals surface area contributed by atoms with Crippen LogP contribution in [-0.2, 0) is 18.4 Å². The number of hydrogen-bond donors (Lipinski definition) is 2. The summed E-state index contributed by atoms with van der Waals surface area (Å²) in [5.41, 5.74) is 0. The molecule has 0 rings (SSSR count). The molecule has 0 aromatic heterocycles. The molecule has 0 saturated carbocycles. The number of carbonyl (C=O) groups is 1. The van der Waals surface area contributed by atoms with Crippen LogP contribution in [0.25, 0.3) is 0 Å². The van der Waals surface area contributed by atoms with Crippen molar-refractivity contribution in [2.45, 2.75) is 187 Å². The van der Waals surface area contributed by atoms with Crippen LogP contribution in [0.3, 0.4) is 0 Å². The normalized spacial score (nSPS) is 15.0. The first-order valence-electron chi connectivity index (χ1n) is 22.8. The summed E-state index contributed by atoms with van der Waals surface area (Å²) in [5.74, 6) is -0.251. The van der Waals surface area contributed by atoms with E-state index in [4.69, 9.17) is 9.05 Å². The Hall–Kier alpha value is -2.06. The van der Waals surface area contributed by atoms with Gasteiger partial charge in [0, 0.05) is 6.42 Å². The molecule has 0 radical (unpaired) electrons. The number of likely N-dealkylation sites (N-methyl/N-ethyl adjacent to an activating group) is 1. The van der Waals surface area contributed by atoms with E-state index in [0.717, 1.165) is 57.8 Å². The van der Waals surface area contributed by atoms with Gasteiger partial charge < -0.3 is 28.8 Å². The van der Waals surface area contributed by atoms with Gasteiger partial charge in [0.25, 0.3) is 7.82 Å². The van der Waals surface area contributed by atoms with Crippen molar-refractivity contribution in [1.82, 2.24) is 5.32 Å². The predicted molar refractivity (Wildman–Crippen MR) is 242 cm³/mol. The van der Waals surface area contributed by atoms with E-state index in [1.165, 1.54) is 89.9 Å². The Bertz CT molecular complexity index is 1160. The average Bonchev–Trinajstić information content (AvgIpc) is 3.16. The van der Waals surface area contributed by atoms with Gasteiger partial charge in [0.15, 0.2) is 0 Å². The fourth-order valence-corrected chi connectivity index (χ4v) is 6.76. The second kappa shape index (κ2) is 39.4. The molecule has 9 heteroatoms. The van der Waals surface area contributed by atoms with Crippen LogP contribution >= 0.6 is 7.82 Å². The van der Waals surface area contributed by atoms with E-state index in [9.17, 15) is 19.4 Å². The number of hydrogen-bond acceptors (Lipinski definition) is 6. The van der Waals surface area contributed by atoms with Gasteiger partial charge in [0.1, 0.15) is 13.2 Å². The van der Waals surface area contributed by atoms with Gasteiger partial charge in [-0.3, -0.25) is 9.36 Å². The number of unbranched alkanes of at least 4 members (excludes halogenated alkanes) is 17. The van der Waals surface area contributed by atoms with Crippen LogP contribution in [0, 0.1) is 0 Å². The number of aliphatic hydroxyl groups excluding tert-OH is 1. The minimum Gasteiger partial charge on any atom is -0.756 e. The Morgan fingerprint density at radius 2 is 1.09 bits per heavy atom. The molecular weight excluding hydrogens is 732 g/mol. The van der Waals surface area contributed by atoms with E-state index in [1.807, 2.05) is 27.2 Å². The van der Waals surface area contributed by atoms with Crippen molar-refractivity contribution >= 4 is 13.7 Å². The number of aliphatic hydroxyl groups is 1. The molecule has 0 bridgehead atoms. The van der Waals surface area contributed by atoms with Gasteiger partial charge in [-0.1, -0.05) is 170 Å². The van der Waals surface area contributed by atoms with Crippen molar-refractivity contribution < 1.29 is 32.9 Å². The van der Waals surface area contributed by atoms with E-state index < -0.39 is 26.6 Å². The maximum Gasteiger partial charge on any atom is 0.268 e. The minimum absolute atomic E-state index is 0.0179. The Kier molecular flexibility index (Phi) is 38.0. The molecule has 0 saturated heterocycles. The topological polar surface area (TPSA) is 108 Å². The molecule has 0 aliphatic carbocycles. The zero-order valence-corrected chi connectivity index (χ0v) is 38.2. The third-order valence-electron chi connectivity index (χ3n) is 9.65. The highest BCUT2D eigenvalue weighted by molar-refractivity contribution is 7.45. The van der Waals surface area contributed by atoms with E-state index in [1.54, 1.807) is 6.08 Å². The fourth-order valence-electron chi connectivity index (χ4n) is 6.04. The molecule has 0 aliphatic heterocycles. The molecule has 3 atom stereocenters. The van der Waals surface area contributed by atoms with E-state index >= 15 is 0 Å². The molecule has 0 aromatic carbocycles. The smallest absolute Gasteiger partial charge is 0.268 e. The number of phosphoric ester groups is 1. The highest BCUT2D eigenvalue weighted by Gasteiger charge is 2.23. The lowest BCUT2D eigenvalue weighted by molar-refractivity contribution is -0.870. The van der Waals surface area contributed by atoms with Crippen molar-refractivity contribution in [1.29, 1.82) is 0 Å². The van der Waals surface area contributed by atoms with Crippen molar-refractivity contribution in [2.75, 3.05) is 40.9 Å². The first-order chi connectivity index (χ1) is 27.5. The van der Waals surface area contributed by atoms with Crippen LogP contribution < -0.4 is 10.2 Å². The highest BCUT2D eigenvalue weighted by Crippen LogP contribution is 2.38. The molecule has 3 unspecified atom stereocenters. The zero-order valence-electron chi connectivity index (χ0n) is 37.3. The zero-order chi connectivity index (χ0) is 42.1. The highest BCUT2D eigenvalue weighted by atomic mass is 31.2. The van der Waals surface area contributed by atoms with Gasteiger partial charge >= 0.3 is 0 Å². The monoisotopic (exact) mass is 819 g/mol. The molecular formula is C48H87N2O6P. The minimum atomic E-state index is -4.61. The first kappa shape index (κ1) is 54.9. The third kappa shape index (κ3) is 41.9. The molecule has 1 amide bonds. The molecule has 0 aliphatic rings. The molecule has 330 valence electrons. The molecule has 0 aromatic rings. The molecule has 0 heterocycles. The average molecular weight is 819 g/mol. The lowest BCUT2D eigenvalue weighted by Crippen LogP contribution is -2.45. The molecule has 2 N–H and O–H groups in total. The Balaban J connectivity index is 4.52. The summed E-state index contributed by atoms with van der Waals surface area (Å²) in [6.07, 6.45) is 52.5. The predicted octanol–water partition coefficient (Wildman–Crippen LogP) is 12.2. The van der Waals surface area contributed by atoms with E-state index in [0.29, 0.717) is 17.4 Å². The van der Waals surface area contributed by atoms with Gasteiger partial charge in [0.05, 0.1) is 39.9 Å². The summed E-state index contributed by atoms with van der Waals surface area (Å²) in [6, 6.07) is -0.928. The maximum absolute atomic E-state index is 12.8. The van der Waals surface area contributed by atoms with Gasteiger partial charge in [-0.25, -0.2) is 0 Å². The Labute approximate surface area is 351 Å². The van der Waals surface area contributed by atoms with Gasteiger partial charge in [0.2, 0.25) is 5.91 Å². The number of quaternary nitrogens is 1. The number of nitrogens with zero attached hydrogens (tertiary/aromatic N) is 1. The summed E-state index contributed by atoms with van der Waals surface area (Å²) >= 11 is 0. The molecule has 0 fully saturated rings. The standard InChI is InChI=1S/C48H87N2O6P/c1-6-8-10-12-14-16-18-20-22-23-24-25-26-28-29-31-33-35-37-39-41-47(51)46(45-56-57(53,54)55-44-43-50(3,4)5)49-48(52)42-40-38-36-34-32-30-27-21-19-17-15-13-11-9-7-2/h9,11,15,17,21,27,31-34,39,41,46-47,51H,6-8,10,12-14,16,18-20,22-26,28-30,35-38,40,42-45H2,1-5H3,(H-,49,52,53,54)/b11-9-,17-15-,27-21-,33-31+,34-32-,41-39+. The Morgan fingerprint density at radius 3 is 1.63 bits per heavy atom. The van der Waals surface area contributed by atoms with Crippen LogP contribution in [0.4, 0.5) is 0 Å². The Morgan fingerprint density at radius 1 is 0.632 bits per heavy atom. The molecule has 57 heavy (non-hydrogen) atoms. The number of rotatable bonds is 40. The van der Waals surface area contributed by atoms with Crippen LogP contribution in [-0.4, -0.2) is 68.5 Å². The summed E-state index contributed by atoms with van der Waals surface area (Å²) in [5, 5.41) is 13.7. The lowest BCUT2D eigenvalue weighted by atomic mass is 10.0. The number of amides is 1. The van der Waals surface area contributed by atoms with Crippen LogP contribution in [0.2, 0.25) is 0 Å². The summed E-state index contributed by atoms with van der Waals surface area (Å²) in [7, 11) is 1.20. The number of allylic oxidation sites excluding steroid dienone is 11. The number of nitrogens with one attached hydrogen (secondary N) is 1. The maximum atomic E-state index is 12.8. The second-order valence-electron chi connectivity index (χ2n) is 16.4. The summed E-state index contributed by atoms with van der Waals surface area (Å²) in [6.45, 7) is 4.46. The molecule has 0 spiro atoms. The largest absolute Gasteiger partial charge is 0.756 e. The first-order valence-corrected chi connectivity index (χ1v) is 24.3. The van der Waals surface area contributed by atoms with Crippen molar-refractivity contribution in [3.63, 3.8) is 0 Å². The van der Waals surface area contributed by atoms with Crippen LogP contribution in [0.1, 0.15) is 174 Å².